The maximum Gasteiger partial charge on any atom is 0.261 e. The third-order valence-electron chi connectivity index (χ3n) is 4.85. The van der Waals surface area contributed by atoms with E-state index in [0.29, 0.717) is 5.75 Å². The smallest absolute Gasteiger partial charge is 0.261 e. The number of amides is 1. The zero-order chi connectivity index (χ0) is 21.6. The van der Waals surface area contributed by atoms with Gasteiger partial charge in [-0.3, -0.25) is 9.78 Å². The zero-order valence-corrected chi connectivity index (χ0v) is 17.2. The molecule has 8 nitrogen and oxygen atoms in total. The van der Waals surface area contributed by atoms with Gasteiger partial charge in [-0.1, -0.05) is 35.9 Å². The second-order valence-corrected chi connectivity index (χ2v) is 7.15. The summed E-state index contributed by atoms with van der Waals surface area (Å²) in [6, 6.07) is 18.7. The Bertz CT molecular complexity index is 1110. The van der Waals surface area contributed by atoms with Gasteiger partial charge in [-0.15, -0.1) is 5.10 Å². The highest BCUT2D eigenvalue weighted by Crippen LogP contribution is 2.23. The molecule has 8 heteroatoms. The number of tetrazole rings is 1. The van der Waals surface area contributed by atoms with Crippen molar-refractivity contribution in [2.45, 2.75) is 26.0 Å². The van der Waals surface area contributed by atoms with Gasteiger partial charge >= 0.3 is 0 Å². The van der Waals surface area contributed by atoms with Crippen molar-refractivity contribution >= 4 is 5.91 Å². The predicted octanol–water partition coefficient (Wildman–Crippen LogP) is 3.04. The Morgan fingerprint density at radius 1 is 1.03 bits per heavy atom. The number of aryl methyl sites for hydroxylation is 1. The van der Waals surface area contributed by atoms with Gasteiger partial charge in [0.15, 0.2) is 6.10 Å². The SMILES string of the molecule is Cc1ccc([C@H](NC(=O)[C@@H](C)Oc2ccc(-n3cnnn3)cc2)c2cccnc2)cc1. The molecule has 0 spiro atoms. The minimum absolute atomic E-state index is 0.223. The topological polar surface area (TPSA) is 94.8 Å². The molecule has 1 N–H and O–H groups in total. The molecule has 0 aliphatic heterocycles. The molecule has 4 aromatic rings. The highest BCUT2D eigenvalue weighted by Gasteiger charge is 2.22. The molecule has 0 saturated heterocycles. The van der Waals surface area contributed by atoms with E-state index in [-0.39, 0.29) is 11.9 Å². The first kappa shape index (κ1) is 20.2. The van der Waals surface area contributed by atoms with Gasteiger partial charge in [-0.25, -0.2) is 4.68 Å². The molecule has 2 aromatic carbocycles. The van der Waals surface area contributed by atoms with Crippen LogP contribution in [0.2, 0.25) is 0 Å². The van der Waals surface area contributed by atoms with Gasteiger partial charge in [-0.05, 0) is 65.7 Å². The van der Waals surface area contributed by atoms with Crippen molar-refractivity contribution in [3.8, 4) is 11.4 Å². The van der Waals surface area contributed by atoms with Crippen molar-refractivity contribution in [2.24, 2.45) is 0 Å². The third kappa shape index (κ3) is 4.92. The first-order valence-corrected chi connectivity index (χ1v) is 9.87. The number of pyridine rings is 1. The lowest BCUT2D eigenvalue weighted by molar-refractivity contribution is -0.127. The molecule has 0 radical (unpaired) electrons. The van der Waals surface area contributed by atoms with Crippen molar-refractivity contribution in [2.75, 3.05) is 0 Å². The van der Waals surface area contributed by atoms with Crippen LogP contribution >= 0.6 is 0 Å². The minimum atomic E-state index is -0.691. The second kappa shape index (κ2) is 9.17. The Balaban J connectivity index is 1.47. The molecule has 4 rings (SSSR count). The van der Waals surface area contributed by atoms with Crippen LogP contribution in [-0.2, 0) is 4.79 Å². The summed E-state index contributed by atoms with van der Waals surface area (Å²) in [6.45, 7) is 3.75. The maximum absolute atomic E-state index is 12.9. The molecule has 0 saturated carbocycles. The predicted molar refractivity (Wildman–Crippen MR) is 115 cm³/mol. The molecule has 2 aromatic heterocycles. The fourth-order valence-electron chi connectivity index (χ4n) is 3.14. The summed E-state index contributed by atoms with van der Waals surface area (Å²) in [5.74, 6) is 0.353. The molecule has 0 fully saturated rings. The van der Waals surface area contributed by atoms with E-state index in [1.54, 1.807) is 36.1 Å². The molecule has 31 heavy (non-hydrogen) atoms. The van der Waals surface area contributed by atoms with Crippen LogP contribution in [0.5, 0.6) is 5.75 Å². The molecule has 2 atom stereocenters. The first-order chi connectivity index (χ1) is 15.1. The van der Waals surface area contributed by atoms with Gasteiger partial charge in [0.25, 0.3) is 5.91 Å². The molecular formula is C23H22N6O2. The van der Waals surface area contributed by atoms with Crippen LogP contribution in [0.3, 0.4) is 0 Å². The first-order valence-electron chi connectivity index (χ1n) is 9.87. The molecule has 0 bridgehead atoms. The average Bonchev–Trinajstić information content (AvgIpc) is 3.34. The van der Waals surface area contributed by atoms with Crippen LogP contribution in [0.1, 0.15) is 29.7 Å². The summed E-state index contributed by atoms with van der Waals surface area (Å²) >= 11 is 0. The van der Waals surface area contributed by atoms with E-state index in [4.69, 9.17) is 4.74 Å². The van der Waals surface area contributed by atoms with E-state index in [9.17, 15) is 4.79 Å². The number of hydrogen-bond donors (Lipinski definition) is 1. The molecule has 0 aliphatic rings. The lowest BCUT2D eigenvalue weighted by Crippen LogP contribution is -2.39. The lowest BCUT2D eigenvalue weighted by atomic mass is 9.99. The summed E-state index contributed by atoms with van der Waals surface area (Å²) in [5, 5.41) is 14.2. The highest BCUT2D eigenvalue weighted by atomic mass is 16.5. The summed E-state index contributed by atoms with van der Waals surface area (Å²) < 4.78 is 7.39. The number of ether oxygens (including phenoxy) is 1. The number of nitrogens with zero attached hydrogens (tertiary/aromatic N) is 5. The van der Waals surface area contributed by atoms with E-state index in [1.807, 2.05) is 55.5 Å². The van der Waals surface area contributed by atoms with Crippen LogP contribution in [-0.4, -0.2) is 37.2 Å². The van der Waals surface area contributed by atoms with E-state index in [2.05, 4.69) is 25.8 Å². The maximum atomic E-state index is 12.9. The Labute approximate surface area is 179 Å². The average molecular weight is 414 g/mol. The monoisotopic (exact) mass is 414 g/mol. The van der Waals surface area contributed by atoms with Gasteiger partial charge in [0.05, 0.1) is 11.7 Å². The number of nitrogens with one attached hydrogen (secondary N) is 1. The van der Waals surface area contributed by atoms with E-state index < -0.39 is 6.10 Å². The molecule has 2 heterocycles. The molecule has 156 valence electrons. The van der Waals surface area contributed by atoms with Gasteiger partial charge in [0, 0.05) is 12.4 Å². The molecule has 1 amide bonds. The Kier molecular flexibility index (Phi) is 5.98. The van der Waals surface area contributed by atoms with Crippen LogP contribution in [0, 0.1) is 6.92 Å². The largest absolute Gasteiger partial charge is 0.481 e. The third-order valence-corrected chi connectivity index (χ3v) is 4.85. The molecule has 0 aliphatic carbocycles. The molecule has 0 unspecified atom stereocenters. The standard InChI is InChI=1S/C23H22N6O2/c1-16-5-7-18(8-6-16)22(19-4-3-13-24-14-19)26-23(30)17(2)31-21-11-9-20(10-12-21)29-15-25-27-28-29/h3-15,17,22H,1-2H3,(H,26,30)/t17-,22+/m1/s1. The van der Waals surface area contributed by atoms with E-state index >= 15 is 0 Å². The minimum Gasteiger partial charge on any atom is -0.481 e. The van der Waals surface area contributed by atoms with Crippen LogP contribution in [0.15, 0.2) is 79.4 Å². The van der Waals surface area contributed by atoms with Crippen molar-refractivity contribution < 1.29 is 9.53 Å². The van der Waals surface area contributed by atoms with Crippen LogP contribution in [0.25, 0.3) is 5.69 Å². The van der Waals surface area contributed by atoms with Crippen LogP contribution < -0.4 is 10.1 Å². The zero-order valence-electron chi connectivity index (χ0n) is 17.2. The fourth-order valence-corrected chi connectivity index (χ4v) is 3.14. The normalized spacial score (nSPS) is 12.7. The van der Waals surface area contributed by atoms with Crippen molar-refractivity contribution in [3.63, 3.8) is 0 Å². The van der Waals surface area contributed by atoms with Crippen molar-refractivity contribution in [1.29, 1.82) is 0 Å². The van der Waals surface area contributed by atoms with Crippen molar-refractivity contribution in [3.05, 3.63) is 96.1 Å². The van der Waals surface area contributed by atoms with E-state index in [0.717, 1.165) is 22.4 Å². The van der Waals surface area contributed by atoms with Crippen LogP contribution in [0.4, 0.5) is 0 Å². The number of hydrogen-bond acceptors (Lipinski definition) is 6. The Morgan fingerprint density at radius 2 is 1.81 bits per heavy atom. The van der Waals surface area contributed by atoms with E-state index in [1.165, 1.54) is 6.33 Å². The number of benzene rings is 2. The summed E-state index contributed by atoms with van der Waals surface area (Å²) in [6.07, 6.45) is 4.29. The van der Waals surface area contributed by atoms with Gasteiger partial charge in [0.2, 0.25) is 0 Å². The second-order valence-electron chi connectivity index (χ2n) is 7.15. The number of carbonyl (C=O) groups excluding carboxylic acids is 1. The van der Waals surface area contributed by atoms with Gasteiger partial charge < -0.3 is 10.1 Å². The highest BCUT2D eigenvalue weighted by molar-refractivity contribution is 5.81. The number of rotatable bonds is 7. The lowest BCUT2D eigenvalue weighted by Gasteiger charge is -2.22. The summed E-state index contributed by atoms with van der Waals surface area (Å²) in [5.41, 5.74) is 3.83. The quantitative estimate of drug-likeness (QED) is 0.499. The van der Waals surface area contributed by atoms with Gasteiger partial charge in [0.1, 0.15) is 12.1 Å². The Hall–Kier alpha value is -4.07. The fraction of sp³-hybridized carbons (Fsp3) is 0.174. The molecular weight excluding hydrogens is 392 g/mol. The summed E-state index contributed by atoms with van der Waals surface area (Å²) in [7, 11) is 0. The number of aromatic nitrogens is 5. The summed E-state index contributed by atoms with van der Waals surface area (Å²) in [4.78, 5) is 17.1. The van der Waals surface area contributed by atoms with Crippen molar-refractivity contribution in [1.82, 2.24) is 30.5 Å². The number of carbonyl (C=O) groups is 1. The Morgan fingerprint density at radius 3 is 2.45 bits per heavy atom. The van der Waals surface area contributed by atoms with Gasteiger partial charge in [-0.2, -0.15) is 0 Å².